The molecule has 5 nitrogen and oxygen atoms in total. The van der Waals surface area contributed by atoms with E-state index in [1.165, 1.54) is 11.1 Å². The first-order chi connectivity index (χ1) is 9.77. The largest absolute Gasteiger partial charge is 0.370 e. The molecule has 1 atom stereocenters. The van der Waals surface area contributed by atoms with Gasteiger partial charge >= 0.3 is 0 Å². The Morgan fingerprint density at radius 2 is 2.14 bits per heavy atom. The first kappa shape index (κ1) is 15.7. The number of Topliss-reactive ketones (excluding diaryl/α,β-unsaturated/α-hetero) is 1. The molecule has 1 saturated heterocycles. The van der Waals surface area contributed by atoms with Crippen LogP contribution in [0, 0.1) is 11.3 Å². The van der Waals surface area contributed by atoms with Crippen LogP contribution in [0.2, 0.25) is 0 Å². The van der Waals surface area contributed by atoms with Crippen molar-refractivity contribution in [2.24, 2.45) is 11.3 Å². The Morgan fingerprint density at radius 3 is 2.71 bits per heavy atom. The second kappa shape index (κ2) is 6.00. The Bertz CT molecular complexity index is 572. The number of hydrogen-bond acceptors (Lipinski definition) is 4. The molecule has 1 aromatic rings. The summed E-state index contributed by atoms with van der Waals surface area (Å²) in [5.41, 5.74) is 0.205. The number of nitrogens with zero attached hydrogens (tertiary/aromatic N) is 3. The Balaban J connectivity index is 2.14. The first-order valence-corrected chi connectivity index (χ1v) is 7.63. The highest BCUT2D eigenvalue weighted by molar-refractivity contribution is 5.83. The molecule has 116 valence electrons. The maximum absolute atomic E-state index is 12.1. The number of anilines is 1. The fourth-order valence-corrected chi connectivity index (χ4v) is 2.51. The van der Waals surface area contributed by atoms with Crippen molar-refractivity contribution in [1.29, 1.82) is 0 Å². The standard InChI is InChI=1S/C16H25N3O2/c1-12-6-5-7-18(10-12)13-8-15(21)19(17-9-13)11-14(20)16(2,3)4/h8-9,12H,5-7,10-11H2,1-4H3. The molecule has 1 unspecified atom stereocenters. The van der Waals surface area contributed by atoms with Crippen LogP contribution in [-0.2, 0) is 11.3 Å². The lowest BCUT2D eigenvalue weighted by Gasteiger charge is -2.32. The van der Waals surface area contributed by atoms with E-state index in [0.717, 1.165) is 25.2 Å². The van der Waals surface area contributed by atoms with E-state index in [2.05, 4.69) is 16.9 Å². The van der Waals surface area contributed by atoms with Crippen molar-refractivity contribution in [2.75, 3.05) is 18.0 Å². The van der Waals surface area contributed by atoms with Crippen molar-refractivity contribution in [3.05, 3.63) is 22.6 Å². The maximum Gasteiger partial charge on any atom is 0.269 e. The van der Waals surface area contributed by atoms with Gasteiger partial charge in [0.1, 0.15) is 6.54 Å². The lowest BCUT2D eigenvalue weighted by molar-refractivity contribution is -0.127. The van der Waals surface area contributed by atoms with E-state index in [9.17, 15) is 9.59 Å². The quantitative estimate of drug-likeness (QED) is 0.855. The number of piperidine rings is 1. The Kier molecular flexibility index (Phi) is 4.49. The van der Waals surface area contributed by atoms with Gasteiger partial charge in [-0.2, -0.15) is 5.10 Å². The molecule has 0 spiro atoms. The van der Waals surface area contributed by atoms with Crippen molar-refractivity contribution in [2.45, 2.75) is 47.1 Å². The molecule has 5 heteroatoms. The van der Waals surface area contributed by atoms with Crippen LogP contribution < -0.4 is 10.5 Å². The summed E-state index contributed by atoms with van der Waals surface area (Å²) in [5.74, 6) is 0.653. The fraction of sp³-hybridized carbons (Fsp3) is 0.688. The average molecular weight is 291 g/mol. The Labute approximate surface area is 126 Å². The molecule has 0 bridgehead atoms. The predicted molar refractivity (Wildman–Crippen MR) is 83.6 cm³/mol. The minimum Gasteiger partial charge on any atom is -0.370 e. The van der Waals surface area contributed by atoms with Gasteiger partial charge in [0.15, 0.2) is 5.78 Å². The summed E-state index contributed by atoms with van der Waals surface area (Å²) < 4.78 is 1.25. The van der Waals surface area contributed by atoms with Gasteiger partial charge in [0.05, 0.1) is 11.9 Å². The molecule has 0 aromatic carbocycles. The summed E-state index contributed by atoms with van der Waals surface area (Å²) in [6, 6.07) is 1.60. The van der Waals surface area contributed by atoms with Crippen molar-refractivity contribution < 1.29 is 4.79 Å². The van der Waals surface area contributed by atoms with E-state index in [1.807, 2.05) is 20.8 Å². The summed E-state index contributed by atoms with van der Waals surface area (Å²) >= 11 is 0. The smallest absolute Gasteiger partial charge is 0.269 e. The first-order valence-electron chi connectivity index (χ1n) is 7.63. The molecular formula is C16H25N3O2. The second-order valence-electron chi connectivity index (χ2n) is 7.08. The van der Waals surface area contributed by atoms with Crippen LogP contribution in [0.25, 0.3) is 0 Å². The molecular weight excluding hydrogens is 266 g/mol. The molecule has 21 heavy (non-hydrogen) atoms. The lowest BCUT2D eigenvalue weighted by Crippen LogP contribution is -2.36. The van der Waals surface area contributed by atoms with E-state index in [1.54, 1.807) is 12.3 Å². The summed E-state index contributed by atoms with van der Waals surface area (Å²) in [7, 11) is 0. The zero-order chi connectivity index (χ0) is 15.6. The third kappa shape index (κ3) is 3.93. The van der Waals surface area contributed by atoms with Gasteiger partial charge in [0, 0.05) is 24.6 Å². The number of carbonyl (C=O) groups excluding carboxylic acids is 1. The molecule has 1 aliphatic rings. The topological polar surface area (TPSA) is 55.2 Å². The van der Waals surface area contributed by atoms with Crippen LogP contribution in [0.5, 0.6) is 0 Å². The summed E-state index contributed by atoms with van der Waals surface area (Å²) in [6.07, 6.45) is 4.09. The fourth-order valence-electron chi connectivity index (χ4n) is 2.51. The highest BCUT2D eigenvalue weighted by atomic mass is 16.1. The van der Waals surface area contributed by atoms with E-state index >= 15 is 0 Å². The molecule has 0 radical (unpaired) electrons. The second-order valence-corrected chi connectivity index (χ2v) is 7.08. The zero-order valence-corrected chi connectivity index (χ0v) is 13.4. The predicted octanol–water partition coefficient (Wildman–Crippen LogP) is 2.09. The van der Waals surface area contributed by atoms with Gasteiger partial charge in [-0.3, -0.25) is 9.59 Å². The maximum atomic E-state index is 12.1. The molecule has 1 aromatic heterocycles. The van der Waals surface area contributed by atoms with E-state index in [4.69, 9.17) is 0 Å². The number of carbonyl (C=O) groups is 1. The van der Waals surface area contributed by atoms with Crippen LogP contribution in [0.15, 0.2) is 17.1 Å². The number of aromatic nitrogens is 2. The van der Waals surface area contributed by atoms with Crippen molar-refractivity contribution in [3.8, 4) is 0 Å². The zero-order valence-electron chi connectivity index (χ0n) is 13.4. The highest BCUT2D eigenvalue weighted by Crippen LogP contribution is 2.21. The SMILES string of the molecule is CC1CCCN(c2cnn(CC(=O)C(C)(C)C)c(=O)c2)C1. The van der Waals surface area contributed by atoms with Gasteiger partial charge in [-0.1, -0.05) is 27.7 Å². The van der Waals surface area contributed by atoms with Gasteiger partial charge in [0.2, 0.25) is 0 Å². The van der Waals surface area contributed by atoms with E-state index < -0.39 is 5.41 Å². The number of hydrogen-bond donors (Lipinski definition) is 0. The monoisotopic (exact) mass is 291 g/mol. The van der Waals surface area contributed by atoms with Crippen molar-refractivity contribution in [3.63, 3.8) is 0 Å². The van der Waals surface area contributed by atoms with Crippen molar-refractivity contribution in [1.82, 2.24) is 9.78 Å². The van der Waals surface area contributed by atoms with Crippen LogP contribution in [0.1, 0.15) is 40.5 Å². The molecule has 1 aliphatic heterocycles. The number of ketones is 1. The summed E-state index contributed by atoms with van der Waals surface area (Å²) in [4.78, 5) is 26.4. The van der Waals surface area contributed by atoms with Crippen molar-refractivity contribution >= 4 is 11.5 Å². The van der Waals surface area contributed by atoms with Gasteiger partial charge in [0.25, 0.3) is 5.56 Å². The minimum absolute atomic E-state index is 0.0106. The number of rotatable bonds is 3. The van der Waals surface area contributed by atoms with Gasteiger partial charge in [-0.25, -0.2) is 4.68 Å². The van der Waals surface area contributed by atoms with Gasteiger partial charge in [-0.05, 0) is 18.8 Å². The van der Waals surface area contributed by atoms with Gasteiger partial charge < -0.3 is 4.90 Å². The Hall–Kier alpha value is -1.65. The Morgan fingerprint density at radius 1 is 1.43 bits per heavy atom. The van der Waals surface area contributed by atoms with E-state index in [-0.39, 0.29) is 17.9 Å². The third-order valence-electron chi connectivity index (χ3n) is 4.01. The van der Waals surface area contributed by atoms with Crippen LogP contribution in [0.3, 0.4) is 0 Å². The highest BCUT2D eigenvalue weighted by Gasteiger charge is 2.22. The molecule has 0 aliphatic carbocycles. The molecule has 0 saturated carbocycles. The molecule has 2 heterocycles. The molecule has 0 amide bonds. The minimum atomic E-state index is -0.456. The lowest BCUT2D eigenvalue weighted by atomic mass is 9.91. The third-order valence-corrected chi connectivity index (χ3v) is 4.01. The average Bonchev–Trinajstić information content (AvgIpc) is 2.40. The van der Waals surface area contributed by atoms with Crippen LogP contribution in [-0.4, -0.2) is 28.7 Å². The molecule has 2 rings (SSSR count). The summed E-state index contributed by atoms with van der Waals surface area (Å²) in [5, 5.41) is 4.17. The van der Waals surface area contributed by atoms with Gasteiger partial charge in [-0.15, -0.1) is 0 Å². The van der Waals surface area contributed by atoms with Crippen LogP contribution in [0.4, 0.5) is 5.69 Å². The molecule has 1 fully saturated rings. The summed E-state index contributed by atoms with van der Waals surface area (Å²) in [6.45, 7) is 9.75. The van der Waals surface area contributed by atoms with Crippen LogP contribution >= 0.6 is 0 Å². The molecule has 0 N–H and O–H groups in total. The van der Waals surface area contributed by atoms with E-state index in [0.29, 0.717) is 5.92 Å². The normalized spacial score (nSPS) is 19.6.